The second-order valence-corrected chi connectivity index (χ2v) is 4.89. The molecule has 0 unspecified atom stereocenters. The fraction of sp³-hybridized carbons (Fsp3) is 0.0588. The zero-order chi connectivity index (χ0) is 15.5. The van der Waals surface area contributed by atoms with Crippen LogP contribution in [-0.2, 0) is 0 Å². The van der Waals surface area contributed by atoms with Crippen LogP contribution in [0, 0.1) is 0 Å². The molecule has 0 atom stereocenters. The van der Waals surface area contributed by atoms with E-state index in [-0.39, 0.29) is 17.8 Å². The van der Waals surface area contributed by atoms with Crippen LogP contribution < -0.4 is 0 Å². The number of hydrogen-bond donors (Lipinski definition) is 1. The third-order valence-corrected chi connectivity index (χ3v) is 3.38. The first-order valence-electron chi connectivity index (χ1n) is 6.74. The van der Waals surface area contributed by atoms with E-state index in [1.165, 1.54) is 18.2 Å². The zero-order valence-corrected chi connectivity index (χ0v) is 11.6. The number of allylic oxidation sites excluding steroid dienone is 6. The number of carboxylic acids is 1. The summed E-state index contributed by atoms with van der Waals surface area (Å²) in [7, 11) is 0. The highest BCUT2D eigenvalue weighted by Gasteiger charge is 2.10. The van der Waals surface area contributed by atoms with Crippen molar-refractivity contribution in [2.75, 3.05) is 0 Å². The maximum Gasteiger partial charge on any atom is 0.335 e. The van der Waals surface area contributed by atoms with E-state index in [1.807, 2.05) is 6.08 Å². The first kappa shape index (κ1) is 14.0. The average molecular weight is 296 g/mol. The van der Waals surface area contributed by atoms with Gasteiger partial charge in [0.2, 0.25) is 0 Å². The molecule has 0 saturated carbocycles. The number of hydrogen-bond acceptors (Lipinski definition) is 2. The standard InChI is InChI=1S/C17H13FN2O2/c18-15-4-2-1-3-13(9-15)14-10-19-20(11-14)16-7-5-12(6-8-16)17(21)22/h1-8,10-11H,9H2,(H,21,22). The highest BCUT2D eigenvalue weighted by Crippen LogP contribution is 2.25. The van der Waals surface area contributed by atoms with Crippen molar-refractivity contribution in [2.24, 2.45) is 0 Å². The zero-order valence-electron chi connectivity index (χ0n) is 11.6. The van der Waals surface area contributed by atoms with Gasteiger partial charge in [-0.05, 0) is 35.9 Å². The summed E-state index contributed by atoms with van der Waals surface area (Å²) in [6.07, 6.45) is 10.5. The minimum atomic E-state index is -0.967. The predicted molar refractivity (Wildman–Crippen MR) is 81.4 cm³/mol. The summed E-state index contributed by atoms with van der Waals surface area (Å²) in [5.41, 5.74) is 2.64. The molecule has 0 fully saturated rings. The van der Waals surface area contributed by atoms with Crippen molar-refractivity contribution < 1.29 is 14.3 Å². The van der Waals surface area contributed by atoms with Crippen molar-refractivity contribution in [3.05, 3.63) is 77.9 Å². The van der Waals surface area contributed by atoms with Crippen LogP contribution in [-0.4, -0.2) is 20.9 Å². The Labute approximate surface area is 126 Å². The fourth-order valence-electron chi connectivity index (χ4n) is 2.22. The van der Waals surface area contributed by atoms with E-state index in [1.54, 1.807) is 41.4 Å². The van der Waals surface area contributed by atoms with Gasteiger partial charge < -0.3 is 5.11 Å². The molecule has 2 aromatic rings. The van der Waals surface area contributed by atoms with Crippen molar-refractivity contribution in [2.45, 2.75) is 6.42 Å². The molecule has 1 heterocycles. The molecule has 4 nitrogen and oxygen atoms in total. The summed E-state index contributed by atoms with van der Waals surface area (Å²) in [6, 6.07) is 6.41. The number of benzene rings is 1. The molecule has 0 bridgehead atoms. The maximum atomic E-state index is 13.5. The molecule has 0 amide bonds. The molecule has 1 aliphatic rings. The van der Waals surface area contributed by atoms with Gasteiger partial charge in [0.25, 0.3) is 0 Å². The second-order valence-electron chi connectivity index (χ2n) is 4.89. The predicted octanol–water partition coefficient (Wildman–Crippen LogP) is 3.77. The molecule has 1 aromatic heterocycles. The number of halogens is 1. The molecular formula is C17H13FN2O2. The smallest absolute Gasteiger partial charge is 0.335 e. The van der Waals surface area contributed by atoms with Gasteiger partial charge in [0, 0.05) is 18.2 Å². The molecule has 0 aliphatic heterocycles. The van der Waals surface area contributed by atoms with Crippen LogP contribution in [0.3, 0.4) is 0 Å². The lowest BCUT2D eigenvalue weighted by Gasteiger charge is -2.03. The molecule has 3 rings (SSSR count). The normalized spacial score (nSPS) is 14.2. The summed E-state index contributed by atoms with van der Waals surface area (Å²) < 4.78 is 15.2. The quantitative estimate of drug-likeness (QED) is 0.938. The molecule has 110 valence electrons. The lowest BCUT2D eigenvalue weighted by Crippen LogP contribution is -1.98. The van der Waals surface area contributed by atoms with Crippen LogP contribution in [0.2, 0.25) is 0 Å². The van der Waals surface area contributed by atoms with Gasteiger partial charge >= 0.3 is 5.97 Å². The van der Waals surface area contributed by atoms with Crippen molar-refractivity contribution in [3.8, 4) is 5.69 Å². The highest BCUT2D eigenvalue weighted by molar-refractivity contribution is 5.87. The lowest BCUT2D eigenvalue weighted by atomic mass is 10.1. The van der Waals surface area contributed by atoms with Gasteiger partial charge in [0.05, 0.1) is 17.4 Å². The molecule has 0 spiro atoms. The summed E-state index contributed by atoms with van der Waals surface area (Å²) >= 11 is 0. The van der Waals surface area contributed by atoms with Crippen molar-refractivity contribution in [3.63, 3.8) is 0 Å². The van der Waals surface area contributed by atoms with Crippen LogP contribution in [0.1, 0.15) is 22.3 Å². The van der Waals surface area contributed by atoms with Crippen molar-refractivity contribution in [1.82, 2.24) is 9.78 Å². The molecule has 1 N–H and O–H groups in total. The van der Waals surface area contributed by atoms with Gasteiger partial charge in [0.15, 0.2) is 0 Å². The van der Waals surface area contributed by atoms with E-state index >= 15 is 0 Å². The van der Waals surface area contributed by atoms with Gasteiger partial charge in [-0.3, -0.25) is 0 Å². The largest absolute Gasteiger partial charge is 0.478 e. The number of rotatable bonds is 3. The molecule has 0 saturated heterocycles. The van der Waals surface area contributed by atoms with E-state index in [2.05, 4.69) is 5.10 Å². The number of carbonyl (C=O) groups is 1. The van der Waals surface area contributed by atoms with Crippen molar-refractivity contribution >= 4 is 11.5 Å². The Morgan fingerprint density at radius 2 is 1.91 bits per heavy atom. The minimum absolute atomic E-state index is 0.196. The molecule has 5 heteroatoms. The van der Waals surface area contributed by atoms with Gasteiger partial charge in [-0.1, -0.05) is 18.2 Å². The fourth-order valence-corrected chi connectivity index (χ4v) is 2.22. The maximum absolute atomic E-state index is 13.5. The van der Waals surface area contributed by atoms with E-state index in [0.717, 1.165) is 16.8 Å². The second kappa shape index (κ2) is 5.81. The van der Waals surface area contributed by atoms with E-state index in [0.29, 0.717) is 0 Å². The average Bonchev–Trinajstić information content (AvgIpc) is 2.90. The Hall–Kier alpha value is -2.95. The number of carboxylic acid groups (broad SMARTS) is 1. The van der Waals surface area contributed by atoms with Gasteiger partial charge in [-0.2, -0.15) is 5.10 Å². The van der Waals surface area contributed by atoms with Gasteiger partial charge in [-0.15, -0.1) is 0 Å². The summed E-state index contributed by atoms with van der Waals surface area (Å²) in [6.45, 7) is 0. The SMILES string of the molecule is O=C(O)c1ccc(-n2cc(C3=CC=CC=C(F)C3)cn2)cc1. The number of nitrogens with zero attached hydrogens (tertiary/aromatic N) is 2. The van der Waals surface area contributed by atoms with Gasteiger partial charge in [-0.25, -0.2) is 13.9 Å². The van der Waals surface area contributed by atoms with E-state index in [9.17, 15) is 9.18 Å². The molecule has 0 radical (unpaired) electrons. The van der Waals surface area contributed by atoms with Crippen LogP contribution in [0.5, 0.6) is 0 Å². The third-order valence-electron chi connectivity index (χ3n) is 3.38. The van der Waals surface area contributed by atoms with E-state index < -0.39 is 5.97 Å². The van der Waals surface area contributed by atoms with Gasteiger partial charge in [0.1, 0.15) is 5.83 Å². The molecular weight excluding hydrogens is 283 g/mol. The van der Waals surface area contributed by atoms with Crippen LogP contribution in [0.25, 0.3) is 11.3 Å². The number of aromatic carboxylic acids is 1. The Morgan fingerprint density at radius 1 is 1.18 bits per heavy atom. The lowest BCUT2D eigenvalue weighted by molar-refractivity contribution is 0.0697. The first-order chi connectivity index (χ1) is 10.6. The van der Waals surface area contributed by atoms with E-state index in [4.69, 9.17) is 5.11 Å². The summed E-state index contributed by atoms with van der Waals surface area (Å²) in [5, 5.41) is 13.1. The summed E-state index contributed by atoms with van der Waals surface area (Å²) in [5.74, 6) is -1.16. The third kappa shape index (κ3) is 2.88. The van der Waals surface area contributed by atoms with Crippen LogP contribution in [0.4, 0.5) is 4.39 Å². The Balaban J connectivity index is 1.87. The Morgan fingerprint density at radius 3 is 2.64 bits per heavy atom. The molecule has 1 aromatic carbocycles. The van der Waals surface area contributed by atoms with Crippen LogP contribution in [0.15, 0.2) is 66.8 Å². The number of aromatic nitrogens is 2. The highest BCUT2D eigenvalue weighted by atomic mass is 19.1. The van der Waals surface area contributed by atoms with Crippen molar-refractivity contribution in [1.29, 1.82) is 0 Å². The first-order valence-corrected chi connectivity index (χ1v) is 6.74. The monoisotopic (exact) mass is 296 g/mol. The topological polar surface area (TPSA) is 55.1 Å². The molecule has 1 aliphatic carbocycles. The minimum Gasteiger partial charge on any atom is -0.478 e. The summed E-state index contributed by atoms with van der Waals surface area (Å²) in [4.78, 5) is 10.8. The Kier molecular flexibility index (Phi) is 3.70. The molecule has 22 heavy (non-hydrogen) atoms. The Bertz CT molecular complexity index is 798. The van der Waals surface area contributed by atoms with Crippen LogP contribution >= 0.6 is 0 Å².